The van der Waals surface area contributed by atoms with E-state index in [9.17, 15) is 39.0 Å². The fourth-order valence-corrected chi connectivity index (χ4v) is 8.76. The molecule has 5 N–H and O–H groups in total. The fourth-order valence-electron chi connectivity index (χ4n) is 8.76. The van der Waals surface area contributed by atoms with Gasteiger partial charge in [0.25, 0.3) is 0 Å². The Morgan fingerprint density at radius 2 is 1.77 bits per heavy atom. The smallest absolute Gasteiger partial charge is 0.322 e. The molecule has 4 rings (SSSR count). The molecule has 3 saturated carbocycles. The summed E-state index contributed by atoms with van der Waals surface area (Å²) in [6.45, 7) is 6.08. The lowest BCUT2D eigenvalue weighted by molar-refractivity contribution is -0.184. The van der Waals surface area contributed by atoms with Gasteiger partial charge in [0.05, 0.1) is 12.5 Å². The van der Waals surface area contributed by atoms with Crippen molar-refractivity contribution in [3.63, 3.8) is 0 Å². The number of carboxylic acids is 1. The zero-order valence-electron chi connectivity index (χ0n) is 26.0. The quantitative estimate of drug-likeness (QED) is 0.211. The summed E-state index contributed by atoms with van der Waals surface area (Å²) in [7, 11) is 0. The number of rotatable bonds is 11. The van der Waals surface area contributed by atoms with Crippen LogP contribution in [0.3, 0.4) is 0 Å². The summed E-state index contributed by atoms with van der Waals surface area (Å²) >= 11 is 0. The molecular weight excluding hydrogens is 572 g/mol. The second-order valence-corrected chi connectivity index (χ2v) is 14.0. The maximum atomic E-state index is 13.4. The summed E-state index contributed by atoms with van der Waals surface area (Å²) in [5, 5.41) is 36.8. The number of amides is 2. The number of aliphatic hydroxyl groups excluding tert-OH is 1. The van der Waals surface area contributed by atoms with Crippen molar-refractivity contribution in [1.29, 1.82) is 0 Å². The number of ketones is 2. The van der Waals surface area contributed by atoms with Gasteiger partial charge in [0.2, 0.25) is 17.6 Å². The molecule has 244 valence electrons. The first-order chi connectivity index (χ1) is 20.5. The van der Waals surface area contributed by atoms with Crippen molar-refractivity contribution in [3.8, 4) is 0 Å². The van der Waals surface area contributed by atoms with Gasteiger partial charge in [0.15, 0.2) is 12.4 Å². The number of fused-ring (bicyclic) bond motifs is 5. The van der Waals surface area contributed by atoms with Crippen LogP contribution in [0.2, 0.25) is 0 Å². The maximum Gasteiger partial charge on any atom is 0.322 e. The molecule has 4 aliphatic carbocycles. The Morgan fingerprint density at radius 3 is 2.43 bits per heavy atom. The Bertz CT molecular complexity index is 1250. The van der Waals surface area contributed by atoms with Crippen LogP contribution in [0.25, 0.3) is 0 Å². The van der Waals surface area contributed by atoms with Gasteiger partial charge in [-0.05, 0) is 73.7 Å². The number of ether oxygens (including phenoxy) is 1. The van der Waals surface area contributed by atoms with Crippen LogP contribution >= 0.6 is 0 Å². The fraction of sp³-hybridized carbons (Fsp3) is 0.750. The Balaban J connectivity index is 1.33. The lowest BCUT2D eigenvalue weighted by Crippen LogP contribution is -2.62. The highest BCUT2D eigenvalue weighted by molar-refractivity contribution is 5.93. The normalized spacial score (nSPS) is 35.0. The van der Waals surface area contributed by atoms with E-state index in [0.717, 1.165) is 18.4 Å². The van der Waals surface area contributed by atoms with E-state index < -0.39 is 65.8 Å². The standard InChI is InChI=1S/C32H46N2O10/c1-17(2)28(29(42)33-15-25(39)40)34-24(38)7-8-26(41)44-16-23(37)32(43)12-10-21-20-6-5-18-13-19(35)9-11-30(18,3)27(20)22(36)14-31(21,32)4/h13,17,20-22,27-28,36,43H,5-12,14-16H2,1-4H3,(H,33,42)(H,34,38)(H,39,40)/t20-,21-,22-,27+,28+,30-,31-,32-/m0/s1. The van der Waals surface area contributed by atoms with E-state index in [2.05, 4.69) is 17.6 Å². The minimum absolute atomic E-state index is 0.0122. The third-order valence-electron chi connectivity index (χ3n) is 11.1. The van der Waals surface area contributed by atoms with Crippen LogP contribution in [0.4, 0.5) is 0 Å². The zero-order chi connectivity index (χ0) is 32.6. The summed E-state index contributed by atoms with van der Waals surface area (Å²) in [5.74, 6) is -4.15. The number of aliphatic hydroxyl groups is 2. The summed E-state index contributed by atoms with van der Waals surface area (Å²) in [6.07, 6.45) is 4.01. The van der Waals surface area contributed by atoms with Gasteiger partial charge in [-0.2, -0.15) is 0 Å². The summed E-state index contributed by atoms with van der Waals surface area (Å²) in [4.78, 5) is 73.4. The van der Waals surface area contributed by atoms with Crippen molar-refractivity contribution in [2.45, 2.75) is 103 Å². The van der Waals surface area contributed by atoms with Gasteiger partial charge in [-0.25, -0.2) is 0 Å². The number of hydrogen-bond acceptors (Lipinski definition) is 9. The molecular formula is C32H46N2O10. The van der Waals surface area contributed by atoms with E-state index >= 15 is 0 Å². The van der Waals surface area contributed by atoms with Crippen LogP contribution in [0.5, 0.6) is 0 Å². The molecule has 8 atom stereocenters. The minimum Gasteiger partial charge on any atom is -0.480 e. The number of hydrogen-bond donors (Lipinski definition) is 5. The summed E-state index contributed by atoms with van der Waals surface area (Å²) in [5.41, 5.74) is -1.88. The van der Waals surface area contributed by atoms with Crippen molar-refractivity contribution in [3.05, 3.63) is 11.6 Å². The second kappa shape index (κ2) is 12.7. The van der Waals surface area contributed by atoms with E-state index in [-0.39, 0.29) is 60.6 Å². The molecule has 0 radical (unpaired) electrons. The molecule has 0 aromatic rings. The first-order valence-electron chi connectivity index (χ1n) is 15.7. The molecule has 0 bridgehead atoms. The molecule has 12 nitrogen and oxygen atoms in total. The predicted molar refractivity (Wildman–Crippen MR) is 156 cm³/mol. The van der Waals surface area contributed by atoms with Crippen molar-refractivity contribution in [2.75, 3.05) is 13.2 Å². The molecule has 3 fully saturated rings. The molecule has 12 heteroatoms. The Hall–Kier alpha value is -3.12. The van der Waals surface area contributed by atoms with Gasteiger partial charge in [-0.3, -0.25) is 28.8 Å². The van der Waals surface area contributed by atoms with Crippen LogP contribution in [0, 0.1) is 34.5 Å². The largest absolute Gasteiger partial charge is 0.480 e. The van der Waals surface area contributed by atoms with Gasteiger partial charge in [-0.15, -0.1) is 0 Å². The number of esters is 1. The van der Waals surface area contributed by atoms with E-state index in [1.165, 1.54) is 0 Å². The molecule has 0 aliphatic heterocycles. The van der Waals surface area contributed by atoms with Gasteiger partial charge in [-0.1, -0.05) is 33.3 Å². The monoisotopic (exact) mass is 618 g/mol. The number of carbonyl (C=O) groups is 6. The average Bonchev–Trinajstić information content (AvgIpc) is 3.22. The SMILES string of the molecule is CC(C)[C@@H](NC(=O)CCC(=O)OCC(=O)[C@@]1(O)CC[C@H]2[C@@H]3CCC4=CC(=O)CC[C@]4(C)[C@H]3[C@@H](O)C[C@@]21C)C(=O)NCC(=O)O. The number of nitrogens with one attached hydrogen (secondary N) is 2. The van der Waals surface area contributed by atoms with Crippen molar-refractivity contribution >= 4 is 35.3 Å². The van der Waals surface area contributed by atoms with Crippen molar-refractivity contribution < 1.29 is 48.8 Å². The van der Waals surface area contributed by atoms with E-state index in [4.69, 9.17) is 9.84 Å². The van der Waals surface area contributed by atoms with E-state index in [0.29, 0.717) is 19.3 Å². The first-order valence-corrected chi connectivity index (χ1v) is 15.7. The molecule has 0 aromatic carbocycles. The van der Waals surface area contributed by atoms with Crippen LogP contribution in [-0.4, -0.2) is 81.5 Å². The first kappa shape index (κ1) is 33.8. The molecule has 44 heavy (non-hydrogen) atoms. The maximum absolute atomic E-state index is 13.4. The highest BCUT2D eigenvalue weighted by Crippen LogP contribution is 2.67. The average molecular weight is 619 g/mol. The van der Waals surface area contributed by atoms with Crippen LogP contribution < -0.4 is 10.6 Å². The predicted octanol–water partition coefficient (Wildman–Crippen LogP) is 1.45. The van der Waals surface area contributed by atoms with Crippen LogP contribution in [0.1, 0.15) is 85.5 Å². The second-order valence-electron chi connectivity index (χ2n) is 14.0. The lowest BCUT2D eigenvalue weighted by atomic mass is 9.45. The summed E-state index contributed by atoms with van der Waals surface area (Å²) in [6, 6.07) is -0.995. The van der Waals surface area contributed by atoms with Crippen molar-refractivity contribution in [1.82, 2.24) is 10.6 Å². The molecule has 0 unspecified atom stereocenters. The molecule has 4 aliphatic rings. The third kappa shape index (κ3) is 6.20. The Labute approximate surface area is 257 Å². The third-order valence-corrected chi connectivity index (χ3v) is 11.1. The van der Waals surface area contributed by atoms with Gasteiger partial charge >= 0.3 is 11.9 Å². The Kier molecular flexibility index (Phi) is 9.75. The number of allylic oxidation sites excluding steroid dienone is 1. The van der Waals surface area contributed by atoms with Gasteiger partial charge in [0.1, 0.15) is 18.2 Å². The highest BCUT2D eigenvalue weighted by atomic mass is 16.5. The van der Waals surface area contributed by atoms with Gasteiger partial charge in [0, 0.05) is 18.3 Å². The summed E-state index contributed by atoms with van der Waals surface area (Å²) < 4.78 is 5.18. The van der Waals surface area contributed by atoms with E-state index in [1.807, 2.05) is 6.92 Å². The lowest BCUT2D eigenvalue weighted by Gasteiger charge is -2.60. The number of carboxylic acid groups (broad SMARTS) is 1. The molecule has 0 spiro atoms. The number of Topliss-reactive ketones (excluding diaryl/α,β-unsaturated/α-hetero) is 1. The number of aliphatic carboxylic acids is 1. The Morgan fingerprint density at radius 1 is 1.07 bits per heavy atom. The highest BCUT2D eigenvalue weighted by Gasteiger charge is 2.68. The molecule has 0 heterocycles. The van der Waals surface area contributed by atoms with Gasteiger partial charge < -0.3 is 30.7 Å². The van der Waals surface area contributed by atoms with Crippen molar-refractivity contribution in [2.24, 2.45) is 34.5 Å². The van der Waals surface area contributed by atoms with Crippen LogP contribution in [-0.2, 0) is 33.5 Å². The zero-order valence-corrected chi connectivity index (χ0v) is 26.0. The van der Waals surface area contributed by atoms with Crippen LogP contribution in [0.15, 0.2) is 11.6 Å². The molecule has 0 saturated heterocycles. The molecule has 2 amide bonds. The number of carbonyl (C=O) groups excluding carboxylic acids is 5. The minimum atomic E-state index is -1.78. The van der Waals surface area contributed by atoms with E-state index in [1.54, 1.807) is 19.9 Å². The topological polar surface area (TPSA) is 196 Å². The molecule has 0 aromatic heterocycles.